The van der Waals surface area contributed by atoms with E-state index in [1.54, 1.807) is 5.48 Å². The highest BCUT2D eigenvalue weighted by molar-refractivity contribution is 5.89. The number of aryl methyl sites for hydroxylation is 2. The lowest BCUT2D eigenvalue weighted by atomic mass is 10.0. The van der Waals surface area contributed by atoms with Crippen LogP contribution in [-0.2, 0) is 28.8 Å². The summed E-state index contributed by atoms with van der Waals surface area (Å²) < 4.78 is 5.33. The van der Waals surface area contributed by atoms with E-state index in [0.717, 1.165) is 69.8 Å². The number of ether oxygens (including phenoxy) is 1. The van der Waals surface area contributed by atoms with Gasteiger partial charge in [-0.2, -0.15) is 0 Å². The van der Waals surface area contributed by atoms with E-state index < -0.39 is 5.91 Å². The van der Waals surface area contributed by atoms with Crippen molar-refractivity contribution in [3.8, 4) is 0 Å². The Morgan fingerprint density at radius 2 is 1.45 bits per heavy atom. The van der Waals surface area contributed by atoms with Crippen LogP contribution < -0.4 is 16.1 Å². The van der Waals surface area contributed by atoms with Gasteiger partial charge in [0.2, 0.25) is 5.91 Å². The fraction of sp³-hybridized carbons (Fsp3) is 0.440. The van der Waals surface area contributed by atoms with Gasteiger partial charge in [0.05, 0.1) is 19.6 Å². The number of rotatable bonds is 11. The van der Waals surface area contributed by atoms with Crippen LogP contribution in [-0.4, -0.2) is 61.4 Å². The van der Waals surface area contributed by atoms with Gasteiger partial charge < -0.3 is 15.4 Å². The molecule has 1 saturated heterocycles. The van der Waals surface area contributed by atoms with Crippen LogP contribution in [0.2, 0.25) is 0 Å². The first-order valence-electron chi connectivity index (χ1n) is 11.6. The van der Waals surface area contributed by atoms with Crippen LogP contribution in [0.4, 0.5) is 10.5 Å². The highest BCUT2D eigenvalue weighted by Gasteiger charge is 2.10. The molecule has 3 rings (SSSR count). The summed E-state index contributed by atoms with van der Waals surface area (Å²) in [7, 11) is 0. The first-order chi connectivity index (χ1) is 16.1. The van der Waals surface area contributed by atoms with Crippen molar-refractivity contribution in [2.45, 2.75) is 32.1 Å². The maximum atomic E-state index is 12.1. The van der Waals surface area contributed by atoms with Crippen molar-refractivity contribution in [2.75, 3.05) is 44.7 Å². The molecule has 3 amide bonds. The van der Waals surface area contributed by atoms with E-state index in [9.17, 15) is 9.59 Å². The molecule has 1 fully saturated rings. The Kier molecular flexibility index (Phi) is 10.2. The Morgan fingerprint density at radius 3 is 2.06 bits per heavy atom. The Morgan fingerprint density at radius 1 is 0.879 bits per heavy atom. The summed E-state index contributed by atoms with van der Waals surface area (Å²) in [6.45, 7) is 4.81. The summed E-state index contributed by atoms with van der Waals surface area (Å²) in [6, 6.07) is 15.7. The van der Waals surface area contributed by atoms with E-state index in [4.69, 9.17) is 9.94 Å². The van der Waals surface area contributed by atoms with Gasteiger partial charge in [-0.3, -0.25) is 14.9 Å². The highest BCUT2D eigenvalue weighted by Crippen LogP contribution is 2.14. The molecule has 1 aliphatic rings. The zero-order valence-corrected chi connectivity index (χ0v) is 19.0. The zero-order chi connectivity index (χ0) is 23.3. The molecule has 4 N–H and O–H groups in total. The second-order valence-corrected chi connectivity index (χ2v) is 8.27. The van der Waals surface area contributed by atoms with Gasteiger partial charge in [-0.15, -0.1) is 0 Å². The van der Waals surface area contributed by atoms with Crippen molar-refractivity contribution in [1.29, 1.82) is 0 Å². The Labute approximate surface area is 195 Å². The second kappa shape index (κ2) is 13.6. The molecule has 0 saturated carbocycles. The van der Waals surface area contributed by atoms with E-state index in [0.29, 0.717) is 6.54 Å². The van der Waals surface area contributed by atoms with Gasteiger partial charge >= 0.3 is 6.03 Å². The number of amides is 3. The zero-order valence-electron chi connectivity index (χ0n) is 19.0. The number of carbonyl (C=O) groups is 2. The molecule has 33 heavy (non-hydrogen) atoms. The molecular weight excluding hydrogens is 420 g/mol. The molecule has 0 aromatic heterocycles. The van der Waals surface area contributed by atoms with Crippen LogP contribution >= 0.6 is 0 Å². The lowest BCUT2D eigenvalue weighted by Crippen LogP contribution is -2.42. The fourth-order valence-electron chi connectivity index (χ4n) is 3.79. The van der Waals surface area contributed by atoms with Gasteiger partial charge in [0.15, 0.2) is 0 Å². The number of benzene rings is 2. The smallest absolute Gasteiger partial charge is 0.319 e. The van der Waals surface area contributed by atoms with Gasteiger partial charge in [-0.05, 0) is 54.5 Å². The summed E-state index contributed by atoms with van der Waals surface area (Å²) in [6.07, 6.45) is 4.29. The average molecular weight is 455 g/mol. The first-order valence-corrected chi connectivity index (χ1v) is 11.6. The third-order valence-corrected chi connectivity index (χ3v) is 5.72. The van der Waals surface area contributed by atoms with Crippen LogP contribution in [0.3, 0.4) is 0 Å². The number of unbranched alkanes of at least 4 members (excludes halogenated alkanes) is 1. The molecule has 1 heterocycles. The largest absolute Gasteiger partial charge is 0.379 e. The number of nitrogens with one attached hydrogen (secondary N) is 3. The lowest BCUT2D eigenvalue weighted by Gasteiger charge is -2.26. The molecule has 8 heteroatoms. The van der Waals surface area contributed by atoms with Crippen molar-refractivity contribution in [3.63, 3.8) is 0 Å². The maximum Gasteiger partial charge on any atom is 0.319 e. The van der Waals surface area contributed by atoms with Crippen LogP contribution in [0.5, 0.6) is 0 Å². The van der Waals surface area contributed by atoms with Crippen molar-refractivity contribution in [1.82, 2.24) is 15.7 Å². The van der Waals surface area contributed by atoms with Crippen molar-refractivity contribution >= 4 is 17.6 Å². The van der Waals surface area contributed by atoms with Crippen molar-refractivity contribution in [2.24, 2.45) is 0 Å². The van der Waals surface area contributed by atoms with Gasteiger partial charge in [0.25, 0.3) is 0 Å². The van der Waals surface area contributed by atoms with Crippen LogP contribution in [0, 0.1) is 0 Å². The number of hydroxylamine groups is 1. The molecule has 0 atom stereocenters. The number of hydrogen-bond donors (Lipinski definition) is 4. The molecule has 0 spiro atoms. The molecule has 0 radical (unpaired) electrons. The normalized spacial score (nSPS) is 14.0. The predicted molar refractivity (Wildman–Crippen MR) is 127 cm³/mol. The number of nitrogens with zero attached hydrogens (tertiary/aromatic N) is 1. The van der Waals surface area contributed by atoms with E-state index >= 15 is 0 Å². The Bertz CT molecular complexity index is 865. The summed E-state index contributed by atoms with van der Waals surface area (Å²) >= 11 is 0. The topological polar surface area (TPSA) is 103 Å². The summed E-state index contributed by atoms with van der Waals surface area (Å²) in [5.74, 6) is -0.409. The summed E-state index contributed by atoms with van der Waals surface area (Å²) in [4.78, 5) is 25.6. The number of hydrogen-bond acceptors (Lipinski definition) is 5. The molecule has 8 nitrogen and oxygen atoms in total. The fourth-order valence-corrected chi connectivity index (χ4v) is 3.79. The summed E-state index contributed by atoms with van der Waals surface area (Å²) in [5.41, 5.74) is 5.81. The van der Waals surface area contributed by atoms with Crippen molar-refractivity contribution in [3.05, 3.63) is 65.2 Å². The minimum absolute atomic E-state index is 0.178. The minimum atomic E-state index is -0.409. The standard InChI is InChI=1S/C25H34N4O4/c30-24(28-32)19-22-7-5-20(6-8-22)3-1-2-4-21-9-11-23(12-10-21)27-25(31)26-13-14-29-15-17-33-18-16-29/h5-12,32H,1-4,13-19H2,(H,28,30)(H2,26,27,31). The average Bonchev–Trinajstić information content (AvgIpc) is 2.84. The van der Waals surface area contributed by atoms with Crippen LogP contribution in [0.1, 0.15) is 29.5 Å². The predicted octanol–water partition coefficient (Wildman–Crippen LogP) is 2.75. The van der Waals surface area contributed by atoms with Crippen LogP contribution in [0.25, 0.3) is 0 Å². The Balaban J connectivity index is 1.30. The minimum Gasteiger partial charge on any atom is -0.379 e. The van der Waals surface area contributed by atoms with E-state index in [-0.39, 0.29) is 12.5 Å². The SMILES string of the molecule is O=C(Cc1ccc(CCCCc2ccc(NC(=O)NCCN3CCOCC3)cc2)cc1)NO. The molecule has 0 aliphatic carbocycles. The van der Waals surface area contributed by atoms with Crippen LogP contribution in [0.15, 0.2) is 48.5 Å². The van der Waals surface area contributed by atoms with Gasteiger partial charge in [-0.25, -0.2) is 10.3 Å². The van der Waals surface area contributed by atoms with Gasteiger partial charge in [0.1, 0.15) is 0 Å². The number of carbonyl (C=O) groups excluding carboxylic acids is 2. The molecule has 2 aromatic rings. The maximum absolute atomic E-state index is 12.1. The molecule has 0 bridgehead atoms. The van der Waals surface area contributed by atoms with E-state index in [2.05, 4.69) is 27.7 Å². The monoisotopic (exact) mass is 454 g/mol. The van der Waals surface area contributed by atoms with E-state index in [1.165, 1.54) is 11.1 Å². The lowest BCUT2D eigenvalue weighted by molar-refractivity contribution is -0.128. The van der Waals surface area contributed by atoms with E-state index in [1.807, 2.05) is 36.4 Å². The second-order valence-electron chi connectivity index (χ2n) is 8.27. The molecular formula is C25H34N4O4. The molecule has 2 aromatic carbocycles. The van der Waals surface area contributed by atoms with Crippen molar-refractivity contribution < 1.29 is 19.5 Å². The molecule has 178 valence electrons. The molecule has 0 unspecified atom stereocenters. The highest BCUT2D eigenvalue weighted by atomic mass is 16.5. The van der Waals surface area contributed by atoms with Gasteiger partial charge in [-0.1, -0.05) is 36.4 Å². The number of morpholine rings is 1. The third kappa shape index (κ3) is 9.21. The Hall–Kier alpha value is -2.94. The number of urea groups is 1. The summed E-state index contributed by atoms with van der Waals surface area (Å²) in [5, 5.41) is 14.4. The molecule has 1 aliphatic heterocycles. The third-order valence-electron chi connectivity index (χ3n) is 5.72. The quantitative estimate of drug-likeness (QED) is 0.238. The number of anilines is 1. The first kappa shape index (κ1) is 24.7. The van der Waals surface area contributed by atoms with Gasteiger partial charge in [0, 0.05) is 31.9 Å².